The number of hydrogen-bond donors (Lipinski definition) is 2. The first-order valence-corrected chi connectivity index (χ1v) is 13.6. The van der Waals surface area contributed by atoms with Crippen LogP contribution in [0.3, 0.4) is 0 Å². The van der Waals surface area contributed by atoms with E-state index >= 15 is 0 Å². The van der Waals surface area contributed by atoms with Gasteiger partial charge in [-0.1, -0.05) is 30.3 Å². The van der Waals surface area contributed by atoms with Crippen LogP contribution in [0.1, 0.15) is 49.1 Å². The molecule has 218 valence electrons. The van der Waals surface area contributed by atoms with Gasteiger partial charge in [-0.15, -0.1) is 5.10 Å². The number of nitrogens with zero attached hydrogens (tertiary/aromatic N) is 6. The lowest BCUT2D eigenvalue weighted by atomic mass is 9.84. The lowest BCUT2D eigenvalue weighted by Crippen LogP contribution is -2.52. The minimum atomic E-state index is -4.74. The predicted octanol–water partition coefficient (Wildman–Crippen LogP) is 3.12. The van der Waals surface area contributed by atoms with E-state index in [1.807, 2.05) is 35.2 Å². The van der Waals surface area contributed by atoms with Gasteiger partial charge >= 0.3 is 6.18 Å². The average molecular weight is 572 g/mol. The Bertz CT molecular complexity index is 1370. The molecular weight excluding hydrogens is 539 g/mol. The number of aromatic nitrogens is 4. The van der Waals surface area contributed by atoms with E-state index in [9.17, 15) is 27.9 Å². The molecule has 1 unspecified atom stereocenters. The molecule has 0 aliphatic carbocycles. The van der Waals surface area contributed by atoms with Crippen molar-refractivity contribution in [3.63, 3.8) is 0 Å². The molecule has 2 aliphatic heterocycles. The Morgan fingerprint density at radius 1 is 1.02 bits per heavy atom. The third-order valence-electron chi connectivity index (χ3n) is 8.03. The highest BCUT2D eigenvalue weighted by atomic mass is 19.4. The van der Waals surface area contributed by atoms with Crippen LogP contribution in [0.25, 0.3) is 5.69 Å². The molecule has 13 heteroatoms. The fraction of sp³-hybridized carbons (Fsp3) is 0.464. The van der Waals surface area contributed by atoms with Gasteiger partial charge in [0.25, 0.3) is 5.82 Å². The first kappa shape index (κ1) is 28.5. The SMILES string of the molecule is CC(=O)N1CCC(C(=O)N2CC[C@H](NCc3cc(-n4nnnc4C(F)(F)F)ccc3O)C(c3ccccc3)C2)CC1. The van der Waals surface area contributed by atoms with Gasteiger partial charge < -0.3 is 20.2 Å². The molecule has 41 heavy (non-hydrogen) atoms. The van der Waals surface area contributed by atoms with Crippen LogP contribution in [0.15, 0.2) is 48.5 Å². The number of alkyl halides is 3. The van der Waals surface area contributed by atoms with Gasteiger partial charge in [0.05, 0.1) is 5.69 Å². The van der Waals surface area contributed by atoms with E-state index in [1.54, 1.807) is 11.8 Å². The molecule has 2 aliphatic rings. The molecule has 0 spiro atoms. The molecule has 2 aromatic carbocycles. The largest absolute Gasteiger partial charge is 0.508 e. The zero-order valence-corrected chi connectivity index (χ0v) is 22.6. The molecule has 2 atom stereocenters. The van der Waals surface area contributed by atoms with Crippen molar-refractivity contribution in [2.24, 2.45) is 5.92 Å². The molecule has 10 nitrogen and oxygen atoms in total. The molecular formula is C28H32F3N7O3. The van der Waals surface area contributed by atoms with Crippen LogP contribution in [-0.4, -0.2) is 79.1 Å². The van der Waals surface area contributed by atoms with Crippen LogP contribution in [0.2, 0.25) is 0 Å². The van der Waals surface area contributed by atoms with Gasteiger partial charge in [-0.3, -0.25) is 9.59 Å². The molecule has 1 aromatic heterocycles. The Balaban J connectivity index is 1.30. The summed E-state index contributed by atoms with van der Waals surface area (Å²) in [6.45, 7) is 3.98. The van der Waals surface area contributed by atoms with Gasteiger partial charge in [-0.05, 0) is 53.5 Å². The van der Waals surface area contributed by atoms with Crippen molar-refractivity contribution < 1.29 is 27.9 Å². The maximum absolute atomic E-state index is 13.5. The zero-order valence-electron chi connectivity index (χ0n) is 22.6. The van der Waals surface area contributed by atoms with Crippen molar-refractivity contribution in [3.05, 3.63) is 65.5 Å². The highest BCUT2D eigenvalue weighted by molar-refractivity contribution is 5.80. The summed E-state index contributed by atoms with van der Waals surface area (Å²) < 4.78 is 40.6. The van der Waals surface area contributed by atoms with Gasteiger partial charge in [0, 0.05) is 63.1 Å². The number of hydrogen-bond acceptors (Lipinski definition) is 7. The van der Waals surface area contributed by atoms with Crippen LogP contribution in [0, 0.1) is 5.92 Å². The highest BCUT2D eigenvalue weighted by Gasteiger charge is 2.39. The second-order valence-electron chi connectivity index (χ2n) is 10.6. The highest BCUT2D eigenvalue weighted by Crippen LogP contribution is 2.32. The molecule has 2 N–H and O–H groups in total. The lowest BCUT2D eigenvalue weighted by molar-refractivity contribution is -0.146. The number of aromatic hydroxyl groups is 1. The van der Waals surface area contributed by atoms with Gasteiger partial charge in [0.1, 0.15) is 5.75 Å². The van der Waals surface area contributed by atoms with Gasteiger partial charge in [-0.2, -0.15) is 17.9 Å². The van der Waals surface area contributed by atoms with Crippen molar-refractivity contribution >= 4 is 11.8 Å². The lowest BCUT2D eigenvalue weighted by Gasteiger charge is -2.41. The summed E-state index contributed by atoms with van der Waals surface area (Å²) in [6, 6.07) is 13.9. The number of tetrazole rings is 1. The van der Waals surface area contributed by atoms with Crippen LogP contribution < -0.4 is 5.32 Å². The monoisotopic (exact) mass is 571 g/mol. The number of carbonyl (C=O) groups excluding carboxylic acids is 2. The topological polar surface area (TPSA) is 116 Å². The summed E-state index contributed by atoms with van der Waals surface area (Å²) in [5.74, 6) is -1.33. The number of likely N-dealkylation sites (tertiary alicyclic amines) is 2. The molecule has 3 aromatic rings. The Labute approximate surface area is 235 Å². The first-order valence-electron chi connectivity index (χ1n) is 13.6. The van der Waals surface area contributed by atoms with Crippen molar-refractivity contribution in [1.29, 1.82) is 0 Å². The Kier molecular flexibility index (Phi) is 8.25. The normalized spacial score (nSPS) is 20.3. The van der Waals surface area contributed by atoms with Crippen molar-refractivity contribution in [3.8, 4) is 11.4 Å². The standard InChI is InChI=1S/C28H32F3N7O3/c1-18(39)36-12-9-20(10-13-36)26(41)37-14-11-24(23(17-37)19-5-3-2-4-6-19)32-16-21-15-22(7-8-25(21)40)38-27(28(29,30)31)33-34-35-38/h2-8,15,20,23-24,32,40H,9-14,16-17H2,1H3/t23?,24-/m0/s1. The Morgan fingerprint density at radius 3 is 2.41 bits per heavy atom. The molecule has 2 fully saturated rings. The number of rotatable bonds is 6. The van der Waals surface area contributed by atoms with Gasteiger partial charge in [0.15, 0.2) is 0 Å². The molecule has 3 heterocycles. The summed E-state index contributed by atoms with van der Waals surface area (Å²) in [4.78, 5) is 28.8. The molecule has 0 radical (unpaired) electrons. The number of amides is 2. The molecule has 2 amide bonds. The minimum Gasteiger partial charge on any atom is -0.508 e. The predicted molar refractivity (Wildman–Crippen MR) is 142 cm³/mol. The smallest absolute Gasteiger partial charge is 0.453 e. The molecule has 0 bridgehead atoms. The maximum atomic E-state index is 13.5. The quantitative estimate of drug-likeness (QED) is 0.467. The summed E-state index contributed by atoms with van der Waals surface area (Å²) in [5.41, 5.74) is 1.54. The summed E-state index contributed by atoms with van der Waals surface area (Å²) >= 11 is 0. The molecule has 5 rings (SSSR count). The van der Waals surface area contributed by atoms with Crippen molar-refractivity contribution in [2.45, 2.75) is 50.9 Å². The maximum Gasteiger partial charge on any atom is 0.453 e. The van der Waals surface area contributed by atoms with E-state index in [-0.39, 0.29) is 47.7 Å². The number of benzene rings is 2. The van der Waals surface area contributed by atoms with Gasteiger partial charge in [-0.25, -0.2) is 0 Å². The minimum absolute atomic E-state index is 0.0299. The van der Waals surface area contributed by atoms with Crippen molar-refractivity contribution in [1.82, 2.24) is 35.3 Å². The number of piperidine rings is 2. The first-order chi connectivity index (χ1) is 19.6. The van der Waals surface area contributed by atoms with Crippen molar-refractivity contribution in [2.75, 3.05) is 26.2 Å². The number of nitrogens with one attached hydrogen (secondary N) is 1. The third-order valence-corrected chi connectivity index (χ3v) is 8.03. The van der Waals surface area contributed by atoms with E-state index in [0.717, 1.165) is 5.56 Å². The van der Waals surface area contributed by atoms with Crippen LogP contribution in [0.5, 0.6) is 5.75 Å². The van der Waals surface area contributed by atoms with Gasteiger partial charge in [0.2, 0.25) is 11.8 Å². The Hall–Kier alpha value is -4.00. The summed E-state index contributed by atoms with van der Waals surface area (Å²) in [6.07, 6.45) is -2.78. The van der Waals surface area contributed by atoms with E-state index in [0.29, 0.717) is 55.7 Å². The summed E-state index contributed by atoms with van der Waals surface area (Å²) in [7, 11) is 0. The number of carbonyl (C=O) groups is 2. The van der Waals surface area contributed by atoms with E-state index < -0.39 is 12.0 Å². The fourth-order valence-electron chi connectivity index (χ4n) is 5.76. The third kappa shape index (κ3) is 6.34. The number of phenols is 1. The fourth-order valence-corrected chi connectivity index (χ4v) is 5.76. The van der Waals surface area contributed by atoms with Crippen LogP contribution in [0.4, 0.5) is 13.2 Å². The van der Waals surface area contributed by atoms with E-state index in [4.69, 9.17) is 0 Å². The van der Waals surface area contributed by atoms with E-state index in [1.165, 1.54) is 18.2 Å². The molecule has 2 saturated heterocycles. The second-order valence-corrected chi connectivity index (χ2v) is 10.6. The second kappa shape index (κ2) is 11.9. The number of phenolic OH excluding ortho intramolecular Hbond substituents is 1. The molecule has 0 saturated carbocycles. The van der Waals surface area contributed by atoms with Crippen LogP contribution in [-0.2, 0) is 22.3 Å². The van der Waals surface area contributed by atoms with Crippen LogP contribution >= 0.6 is 0 Å². The average Bonchev–Trinajstić information content (AvgIpc) is 3.48. The Morgan fingerprint density at radius 2 is 1.73 bits per heavy atom. The van der Waals surface area contributed by atoms with E-state index in [2.05, 4.69) is 20.8 Å². The zero-order chi connectivity index (χ0) is 29.1. The number of halogens is 3. The summed E-state index contributed by atoms with van der Waals surface area (Å²) in [5, 5.41) is 23.7.